The highest BCUT2D eigenvalue weighted by molar-refractivity contribution is 7.89. The quantitative estimate of drug-likeness (QED) is 0.299. The van der Waals surface area contributed by atoms with Crippen molar-refractivity contribution in [2.24, 2.45) is 5.92 Å². The minimum Gasteiger partial charge on any atom is -0.446 e. The Balaban J connectivity index is 1.14. The summed E-state index contributed by atoms with van der Waals surface area (Å²) in [5.41, 5.74) is 0.467. The van der Waals surface area contributed by atoms with Gasteiger partial charge in [0, 0.05) is 36.7 Å². The van der Waals surface area contributed by atoms with E-state index in [-0.39, 0.29) is 45.0 Å². The van der Waals surface area contributed by atoms with Crippen molar-refractivity contribution >= 4 is 45.6 Å². The van der Waals surface area contributed by atoms with Crippen LogP contribution in [0.25, 0.3) is 0 Å². The zero-order chi connectivity index (χ0) is 42.4. The number of nitrogens with zero attached hydrogens (tertiary/aromatic N) is 2. The number of amides is 5. The zero-order valence-electron chi connectivity index (χ0n) is 33.8. The van der Waals surface area contributed by atoms with E-state index in [4.69, 9.17) is 9.47 Å². The fourth-order valence-corrected chi connectivity index (χ4v) is 10.1. The van der Waals surface area contributed by atoms with Crippen LogP contribution in [0.3, 0.4) is 0 Å². The largest absolute Gasteiger partial charge is 0.446 e. The van der Waals surface area contributed by atoms with Crippen molar-refractivity contribution in [3.05, 3.63) is 77.6 Å². The van der Waals surface area contributed by atoms with Gasteiger partial charge in [-0.15, -0.1) is 6.58 Å². The average molecular weight is 851 g/mol. The zero-order valence-corrected chi connectivity index (χ0v) is 34.6. The third-order valence-electron chi connectivity index (χ3n) is 12.4. The van der Waals surface area contributed by atoms with Crippen LogP contribution in [0.4, 0.5) is 19.7 Å². The van der Waals surface area contributed by atoms with Crippen molar-refractivity contribution in [1.29, 1.82) is 0 Å². The predicted molar refractivity (Wildman–Crippen MR) is 219 cm³/mol. The van der Waals surface area contributed by atoms with Gasteiger partial charge in [0.05, 0.1) is 18.8 Å². The Morgan fingerprint density at radius 3 is 2.35 bits per heavy atom. The maximum atomic E-state index is 14.6. The molecule has 15 nitrogen and oxygen atoms in total. The Morgan fingerprint density at radius 1 is 0.883 bits per heavy atom. The molecule has 7 rings (SSSR count). The molecule has 2 saturated carbocycles. The van der Waals surface area contributed by atoms with Crippen molar-refractivity contribution in [3.8, 4) is 0 Å². The van der Waals surface area contributed by atoms with Crippen molar-refractivity contribution in [3.63, 3.8) is 0 Å². The number of rotatable bonds is 4. The highest BCUT2D eigenvalue weighted by Gasteiger charge is 2.61. The Kier molecular flexibility index (Phi) is 13.3. The van der Waals surface area contributed by atoms with E-state index in [1.165, 1.54) is 21.9 Å². The molecular formula is C43H55FN6O9S. The van der Waals surface area contributed by atoms with Gasteiger partial charge in [0.25, 0.3) is 5.91 Å². The molecule has 0 radical (unpaired) electrons. The van der Waals surface area contributed by atoms with Gasteiger partial charge in [0.2, 0.25) is 21.8 Å². The Labute approximate surface area is 350 Å². The molecule has 3 heterocycles. The van der Waals surface area contributed by atoms with Crippen molar-refractivity contribution < 1.29 is 46.3 Å². The summed E-state index contributed by atoms with van der Waals surface area (Å²) in [6, 6.07) is 9.25. The molecule has 324 valence electrons. The highest BCUT2D eigenvalue weighted by atomic mass is 32.2. The average Bonchev–Trinajstić information content (AvgIpc) is 3.61. The van der Waals surface area contributed by atoms with Crippen LogP contribution in [0.5, 0.6) is 0 Å². The molecule has 2 aromatic carbocycles. The van der Waals surface area contributed by atoms with E-state index in [0.29, 0.717) is 35.3 Å². The van der Waals surface area contributed by atoms with Crippen LogP contribution in [0, 0.1) is 11.7 Å². The first-order valence-electron chi connectivity index (χ1n) is 21.2. The number of sulfonamides is 1. The van der Waals surface area contributed by atoms with Crippen molar-refractivity contribution in [2.75, 3.05) is 18.4 Å². The minimum absolute atomic E-state index is 0.0131. The van der Waals surface area contributed by atoms with Gasteiger partial charge >= 0.3 is 12.2 Å². The summed E-state index contributed by atoms with van der Waals surface area (Å²) in [7, 11) is -4.26. The van der Waals surface area contributed by atoms with Gasteiger partial charge in [-0.3, -0.25) is 24.0 Å². The lowest BCUT2D eigenvalue weighted by molar-refractivity contribution is -0.141. The summed E-state index contributed by atoms with van der Waals surface area (Å²) in [6.45, 7) is 4.30. The second-order valence-corrected chi connectivity index (χ2v) is 18.4. The van der Waals surface area contributed by atoms with Crippen LogP contribution < -0.4 is 20.7 Å². The number of ether oxygens (including phenoxy) is 2. The molecule has 0 bridgehead atoms. The normalized spacial score (nSPS) is 27.8. The molecule has 60 heavy (non-hydrogen) atoms. The number of halogens is 1. The molecule has 0 unspecified atom stereocenters. The SMILES string of the molecule is C=C[C@@H]1C[C@@]12NC(=O)[C@@H]1C[C@@H](OC(=O)N3Cc4cccc(F)c4C3)CN1C(=O)[C@@H](NC(=O)OC1CCCC1)CCCCCCCCNc1ccccc1CS(=O)(=O)NC2=O. The highest BCUT2D eigenvalue weighted by Crippen LogP contribution is 2.45. The number of fused-ring (bicyclic) bond motifs is 3. The van der Waals surface area contributed by atoms with Gasteiger partial charge < -0.3 is 30.3 Å². The first-order chi connectivity index (χ1) is 28.9. The molecule has 5 atom stereocenters. The number of benzene rings is 2. The van der Waals surface area contributed by atoms with E-state index in [2.05, 4.69) is 27.3 Å². The number of nitrogens with one attached hydrogen (secondary N) is 4. The lowest BCUT2D eigenvalue weighted by atomic mass is 10.0. The maximum Gasteiger partial charge on any atom is 0.410 e. The third-order valence-corrected chi connectivity index (χ3v) is 13.6. The van der Waals surface area contributed by atoms with Crippen molar-refractivity contribution in [2.45, 2.75) is 132 Å². The Bertz CT molecular complexity index is 2080. The number of alkyl carbamates (subject to hydrolysis) is 1. The van der Waals surface area contributed by atoms with Gasteiger partial charge in [-0.1, -0.05) is 68.5 Å². The topological polar surface area (TPSA) is 193 Å². The van der Waals surface area contributed by atoms with Crippen LogP contribution in [0.2, 0.25) is 0 Å². The summed E-state index contributed by atoms with van der Waals surface area (Å²) < 4.78 is 55.3. The summed E-state index contributed by atoms with van der Waals surface area (Å²) >= 11 is 0. The van der Waals surface area contributed by atoms with E-state index >= 15 is 0 Å². The molecule has 17 heteroatoms. The second kappa shape index (κ2) is 18.6. The van der Waals surface area contributed by atoms with Gasteiger partial charge in [-0.05, 0) is 68.2 Å². The van der Waals surface area contributed by atoms with E-state index in [1.807, 2.05) is 0 Å². The fraction of sp³-hybridized carbons (Fsp3) is 0.558. The second-order valence-electron chi connectivity index (χ2n) is 16.7. The molecule has 0 aromatic heterocycles. The van der Waals surface area contributed by atoms with Crippen LogP contribution >= 0.6 is 0 Å². The van der Waals surface area contributed by atoms with Crippen LogP contribution in [-0.4, -0.2) is 91.0 Å². The lowest BCUT2D eigenvalue weighted by Gasteiger charge is -2.30. The number of carbonyl (C=O) groups excluding carboxylic acids is 5. The van der Waals surface area contributed by atoms with Crippen LogP contribution in [-0.2, 0) is 52.7 Å². The first kappa shape index (κ1) is 42.9. The molecule has 4 N–H and O–H groups in total. The Morgan fingerprint density at radius 2 is 1.60 bits per heavy atom. The smallest absolute Gasteiger partial charge is 0.410 e. The predicted octanol–water partition coefficient (Wildman–Crippen LogP) is 5.15. The van der Waals surface area contributed by atoms with Crippen LogP contribution in [0.1, 0.15) is 100 Å². The summed E-state index contributed by atoms with van der Waals surface area (Å²) in [5.74, 6) is -3.84. The summed E-state index contributed by atoms with van der Waals surface area (Å²) in [6.07, 6.45) is 7.14. The number of carbonyl (C=O) groups is 5. The fourth-order valence-electron chi connectivity index (χ4n) is 8.93. The lowest BCUT2D eigenvalue weighted by Crippen LogP contribution is -2.58. The molecule has 5 amide bonds. The minimum atomic E-state index is -4.26. The van der Waals surface area contributed by atoms with Gasteiger partial charge in [-0.25, -0.2) is 22.4 Å². The van der Waals surface area contributed by atoms with E-state index in [9.17, 15) is 36.8 Å². The van der Waals surface area contributed by atoms with Gasteiger partial charge in [0.15, 0.2) is 0 Å². The molecule has 3 aliphatic heterocycles. The number of hydrogen-bond donors (Lipinski definition) is 4. The first-order valence-corrected chi connectivity index (χ1v) is 22.8. The van der Waals surface area contributed by atoms with Crippen LogP contribution in [0.15, 0.2) is 55.1 Å². The Hall–Kier alpha value is -5.19. The molecule has 1 saturated heterocycles. The standard InChI is InChI=1S/C43H55FN6O9S/c1-2-30-23-43(30)40(53)48-60(56,57)27-29-14-8-11-19-35(29)45-21-12-6-4-3-5-7-20-36(46-41(54)58-31-16-9-10-17-31)39(52)50-25-32(22-37(50)38(51)47-43)59-42(55)49-24-28-15-13-18-34(44)33(28)26-49/h2,8,11,13-15,18-19,30-32,36-37,45H,1,3-7,9-10,12,16-17,20-27H2,(H,46,54)(H,47,51)(H,48,53)/t30-,32-,36+,37+,43-/m1/s1. The molecular weight excluding hydrogens is 796 g/mol. The molecule has 5 aliphatic rings. The van der Waals surface area contributed by atoms with Gasteiger partial charge in [0.1, 0.15) is 35.6 Å². The molecule has 2 aliphatic carbocycles. The summed E-state index contributed by atoms with van der Waals surface area (Å²) in [4.78, 5) is 72.3. The molecule has 3 fully saturated rings. The maximum absolute atomic E-state index is 14.6. The number of anilines is 1. The molecule has 1 spiro atoms. The number of para-hydroxylation sites is 1. The summed E-state index contributed by atoms with van der Waals surface area (Å²) in [5, 5.41) is 8.85. The van der Waals surface area contributed by atoms with E-state index in [0.717, 1.165) is 57.8 Å². The molecule has 2 aromatic rings. The van der Waals surface area contributed by atoms with Crippen molar-refractivity contribution in [1.82, 2.24) is 25.2 Å². The number of hydrogen-bond acceptors (Lipinski definition) is 10. The third kappa shape index (κ3) is 10.0. The van der Waals surface area contributed by atoms with E-state index in [1.54, 1.807) is 36.4 Å². The van der Waals surface area contributed by atoms with E-state index < -0.39 is 81.1 Å². The van der Waals surface area contributed by atoms with Gasteiger partial charge in [-0.2, -0.15) is 0 Å². The monoisotopic (exact) mass is 850 g/mol.